The van der Waals surface area contributed by atoms with Crippen LogP contribution in [0.5, 0.6) is 0 Å². The highest BCUT2D eigenvalue weighted by molar-refractivity contribution is 5.94. The van der Waals surface area contributed by atoms with Gasteiger partial charge >= 0.3 is 12.1 Å². The molecule has 0 aliphatic heterocycles. The van der Waals surface area contributed by atoms with Gasteiger partial charge in [0.05, 0.1) is 0 Å². The summed E-state index contributed by atoms with van der Waals surface area (Å²) in [6, 6.07) is 3.53. The van der Waals surface area contributed by atoms with Crippen LogP contribution in [0.1, 0.15) is 21.0 Å². The van der Waals surface area contributed by atoms with Gasteiger partial charge in [-0.05, 0) is 12.1 Å². The lowest BCUT2D eigenvalue weighted by atomic mass is 10.2. The SMILES string of the molecule is C=CCN(CC(F)(F)F)C(=O)c1cccc(C(=O)O)n1. The van der Waals surface area contributed by atoms with Crippen molar-refractivity contribution < 1.29 is 27.9 Å². The number of aromatic nitrogens is 1. The normalized spacial score (nSPS) is 10.9. The van der Waals surface area contributed by atoms with Crippen molar-refractivity contribution in [2.24, 2.45) is 0 Å². The molecule has 0 saturated carbocycles. The average Bonchev–Trinajstić information content (AvgIpc) is 2.36. The molecule has 1 amide bonds. The average molecular weight is 288 g/mol. The number of halogens is 3. The molecule has 1 N–H and O–H groups in total. The number of aromatic carboxylic acids is 1. The Morgan fingerprint density at radius 1 is 1.35 bits per heavy atom. The van der Waals surface area contributed by atoms with E-state index in [4.69, 9.17) is 5.11 Å². The van der Waals surface area contributed by atoms with E-state index in [-0.39, 0.29) is 12.2 Å². The Hall–Kier alpha value is -2.38. The minimum Gasteiger partial charge on any atom is -0.477 e. The van der Waals surface area contributed by atoms with Crippen molar-refractivity contribution in [3.8, 4) is 0 Å². The van der Waals surface area contributed by atoms with Crippen LogP contribution < -0.4 is 0 Å². The Morgan fingerprint density at radius 2 is 1.95 bits per heavy atom. The lowest BCUT2D eigenvalue weighted by Crippen LogP contribution is -2.39. The summed E-state index contributed by atoms with van der Waals surface area (Å²) in [5, 5.41) is 8.74. The van der Waals surface area contributed by atoms with E-state index in [1.807, 2.05) is 0 Å². The van der Waals surface area contributed by atoms with Crippen LogP contribution in [0.15, 0.2) is 30.9 Å². The monoisotopic (exact) mass is 288 g/mol. The summed E-state index contributed by atoms with van der Waals surface area (Å²) in [4.78, 5) is 26.6. The van der Waals surface area contributed by atoms with E-state index < -0.39 is 30.3 Å². The third kappa shape index (κ3) is 4.38. The molecule has 8 heteroatoms. The van der Waals surface area contributed by atoms with Crippen molar-refractivity contribution in [2.75, 3.05) is 13.1 Å². The highest BCUT2D eigenvalue weighted by atomic mass is 19.4. The molecule has 0 aliphatic carbocycles. The van der Waals surface area contributed by atoms with Crippen molar-refractivity contribution in [3.05, 3.63) is 42.2 Å². The number of rotatable bonds is 5. The van der Waals surface area contributed by atoms with Crippen molar-refractivity contribution in [1.29, 1.82) is 0 Å². The van der Waals surface area contributed by atoms with Crippen LogP contribution >= 0.6 is 0 Å². The molecule has 1 rings (SSSR count). The van der Waals surface area contributed by atoms with Gasteiger partial charge in [-0.2, -0.15) is 13.2 Å². The molecular weight excluding hydrogens is 277 g/mol. The molecule has 0 aliphatic rings. The first-order chi connectivity index (χ1) is 9.24. The van der Waals surface area contributed by atoms with Crippen LogP contribution in [0.4, 0.5) is 13.2 Å². The largest absolute Gasteiger partial charge is 0.477 e. The van der Waals surface area contributed by atoms with Crippen LogP contribution in [-0.4, -0.2) is 46.1 Å². The predicted molar refractivity (Wildman–Crippen MR) is 63.4 cm³/mol. The number of pyridine rings is 1. The fourth-order valence-corrected chi connectivity index (χ4v) is 1.43. The van der Waals surface area contributed by atoms with E-state index in [1.54, 1.807) is 0 Å². The van der Waals surface area contributed by atoms with Crippen molar-refractivity contribution in [1.82, 2.24) is 9.88 Å². The quantitative estimate of drug-likeness (QED) is 0.841. The summed E-state index contributed by atoms with van der Waals surface area (Å²) in [7, 11) is 0. The molecule has 0 spiro atoms. The molecule has 1 aromatic rings. The van der Waals surface area contributed by atoms with Gasteiger partial charge in [-0.15, -0.1) is 6.58 Å². The van der Waals surface area contributed by atoms with Gasteiger partial charge in [-0.25, -0.2) is 9.78 Å². The summed E-state index contributed by atoms with van der Waals surface area (Å²) in [5.41, 5.74) is -0.780. The Balaban J connectivity index is 3.02. The van der Waals surface area contributed by atoms with Gasteiger partial charge in [0.2, 0.25) is 0 Å². The molecule has 1 aromatic heterocycles. The number of carbonyl (C=O) groups excluding carboxylic acids is 1. The van der Waals surface area contributed by atoms with Gasteiger partial charge in [0, 0.05) is 6.54 Å². The van der Waals surface area contributed by atoms with Crippen LogP contribution in [0.3, 0.4) is 0 Å². The van der Waals surface area contributed by atoms with Crippen LogP contribution in [0.2, 0.25) is 0 Å². The molecule has 5 nitrogen and oxygen atoms in total. The maximum Gasteiger partial charge on any atom is 0.406 e. The number of hydrogen-bond donors (Lipinski definition) is 1. The number of hydrogen-bond acceptors (Lipinski definition) is 3. The molecule has 0 radical (unpaired) electrons. The highest BCUT2D eigenvalue weighted by Gasteiger charge is 2.33. The minimum absolute atomic E-state index is 0.322. The second kappa shape index (κ2) is 6.18. The topological polar surface area (TPSA) is 70.5 Å². The summed E-state index contributed by atoms with van der Waals surface area (Å²) in [6.45, 7) is 1.49. The molecule has 0 saturated heterocycles. The maximum atomic E-state index is 12.4. The zero-order valence-corrected chi connectivity index (χ0v) is 10.2. The van der Waals surface area contributed by atoms with E-state index in [0.717, 1.165) is 18.2 Å². The number of carboxylic acids is 1. The number of nitrogens with zero attached hydrogens (tertiary/aromatic N) is 2. The molecule has 0 unspecified atom stereocenters. The standard InChI is InChI=1S/C12H11F3N2O3/c1-2-6-17(7-12(13,14)15)10(18)8-4-3-5-9(16-8)11(19)20/h2-5H,1,6-7H2,(H,19,20). The molecule has 0 bridgehead atoms. The molecule has 20 heavy (non-hydrogen) atoms. The van der Waals surface area contributed by atoms with Gasteiger partial charge < -0.3 is 10.0 Å². The van der Waals surface area contributed by atoms with Crippen molar-refractivity contribution >= 4 is 11.9 Å². The Bertz CT molecular complexity index is 529. The van der Waals surface area contributed by atoms with Crippen molar-refractivity contribution in [3.63, 3.8) is 0 Å². The van der Waals surface area contributed by atoms with Crippen LogP contribution in [-0.2, 0) is 0 Å². The first-order valence-corrected chi connectivity index (χ1v) is 5.42. The van der Waals surface area contributed by atoms with Gasteiger partial charge in [0.1, 0.15) is 17.9 Å². The van der Waals surface area contributed by atoms with E-state index in [1.165, 1.54) is 6.07 Å². The highest BCUT2D eigenvalue weighted by Crippen LogP contribution is 2.17. The Kier molecular flexibility index (Phi) is 4.84. The summed E-state index contributed by atoms with van der Waals surface area (Å²) in [6.07, 6.45) is -3.42. The lowest BCUT2D eigenvalue weighted by Gasteiger charge is -2.22. The Morgan fingerprint density at radius 3 is 2.45 bits per heavy atom. The van der Waals surface area contributed by atoms with Crippen molar-refractivity contribution in [2.45, 2.75) is 6.18 Å². The molecule has 0 aromatic carbocycles. The van der Waals surface area contributed by atoms with Gasteiger partial charge in [-0.3, -0.25) is 4.79 Å². The predicted octanol–water partition coefficient (Wildman–Crippen LogP) is 1.97. The number of carboxylic acid groups (broad SMARTS) is 1. The molecule has 1 heterocycles. The van der Waals surface area contributed by atoms with Gasteiger partial charge in [0.25, 0.3) is 5.91 Å². The fourth-order valence-electron chi connectivity index (χ4n) is 1.43. The fraction of sp³-hybridized carbons (Fsp3) is 0.250. The van der Waals surface area contributed by atoms with E-state index in [2.05, 4.69) is 11.6 Å². The first-order valence-electron chi connectivity index (χ1n) is 5.42. The third-order valence-electron chi connectivity index (χ3n) is 2.19. The number of carbonyl (C=O) groups is 2. The van der Waals surface area contributed by atoms with E-state index in [0.29, 0.717) is 4.90 Å². The van der Waals surface area contributed by atoms with E-state index >= 15 is 0 Å². The number of amides is 1. The van der Waals surface area contributed by atoms with Crippen LogP contribution in [0, 0.1) is 0 Å². The van der Waals surface area contributed by atoms with Gasteiger partial charge in [0.15, 0.2) is 0 Å². The minimum atomic E-state index is -4.57. The summed E-state index contributed by atoms with van der Waals surface area (Å²) in [5.74, 6) is -2.38. The molecule has 108 valence electrons. The molecular formula is C12H11F3N2O3. The van der Waals surface area contributed by atoms with E-state index in [9.17, 15) is 22.8 Å². The van der Waals surface area contributed by atoms with Gasteiger partial charge in [-0.1, -0.05) is 12.1 Å². The molecule has 0 fully saturated rings. The second-order valence-corrected chi connectivity index (χ2v) is 3.80. The second-order valence-electron chi connectivity index (χ2n) is 3.80. The third-order valence-corrected chi connectivity index (χ3v) is 2.19. The smallest absolute Gasteiger partial charge is 0.406 e. The zero-order chi connectivity index (χ0) is 15.3. The zero-order valence-electron chi connectivity index (χ0n) is 10.2. The van der Waals surface area contributed by atoms with Crippen LogP contribution in [0.25, 0.3) is 0 Å². The Labute approximate surface area is 112 Å². The first kappa shape index (κ1) is 15.7. The molecule has 0 atom stereocenters. The summed E-state index contributed by atoms with van der Waals surface area (Å²) >= 11 is 0. The maximum absolute atomic E-state index is 12.4. The number of alkyl halides is 3. The summed E-state index contributed by atoms with van der Waals surface area (Å²) < 4.78 is 37.1. The lowest BCUT2D eigenvalue weighted by molar-refractivity contribution is -0.139.